The number of aromatic hydroxyl groups is 12. The molecule has 4 aromatic carbocycles. The second-order valence-corrected chi connectivity index (χ2v) is 22.6. The first-order valence-electron chi connectivity index (χ1n) is 30.2. The van der Waals surface area contributed by atoms with Crippen LogP contribution in [0.2, 0.25) is 0 Å². The van der Waals surface area contributed by atoms with Crippen molar-refractivity contribution in [2.75, 3.05) is 0 Å². The van der Waals surface area contributed by atoms with Crippen LogP contribution in [-0.4, -0.2) is 61.3 Å². The summed E-state index contributed by atoms with van der Waals surface area (Å²) in [6, 6.07) is 6.16. The fraction of sp³-hybridized carbons (Fsp3) is 0.529. The van der Waals surface area contributed by atoms with Crippen molar-refractivity contribution >= 4 is 0 Å². The summed E-state index contributed by atoms with van der Waals surface area (Å²) in [7, 11) is 0. The molecule has 1 aliphatic carbocycles. The molecule has 0 atom stereocenters. The summed E-state index contributed by atoms with van der Waals surface area (Å²) in [4.78, 5) is 0. The van der Waals surface area contributed by atoms with E-state index >= 15 is 0 Å². The smallest absolute Gasteiger partial charge is 0.200 e. The third kappa shape index (κ3) is 16.8. The molecule has 80 heavy (non-hydrogen) atoms. The Morgan fingerprint density at radius 2 is 0.350 bits per heavy atom. The second-order valence-electron chi connectivity index (χ2n) is 22.6. The molecule has 0 saturated heterocycles. The zero-order chi connectivity index (χ0) is 58.1. The Hall–Kier alpha value is -6.56. The van der Waals surface area contributed by atoms with Gasteiger partial charge in [-0.25, -0.2) is 0 Å². The van der Waals surface area contributed by atoms with Crippen molar-refractivity contribution in [3.05, 3.63) is 119 Å². The van der Waals surface area contributed by atoms with Gasteiger partial charge in [-0.2, -0.15) is 0 Å². The molecule has 4 aromatic rings. The zero-order valence-electron chi connectivity index (χ0n) is 47.8. The van der Waals surface area contributed by atoms with Crippen molar-refractivity contribution in [2.45, 2.75) is 229 Å². The quantitative estimate of drug-likeness (QED) is 0.0116. The van der Waals surface area contributed by atoms with Gasteiger partial charge in [0.2, 0.25) is 23.0 Å². The molecule has 12 nitrogen and oxygen atoms in total. The van der Waals surface area contributed by atoms with E-state index in [2.05, 4.69) is 26.3 Å². The van der Waals surface area contributed by atoms with Crippen LogP contribution in [0.25, 0.3) is 0 Å². The molecule has 0 fully saturated rings. The van der Waals surface area contributed by atoms with E-state index in [4.69, 9.17) is 0 Å². The van der Waals surface area contributed by atoms with E-state index in [-0.39, 0.29) is 70.2 Å². The molecule has 0 saturated carbocycles. The van der Waals surface area contributed by atoms with Gasteiger partial charge < -0.3 is 61.3 Å². The fourth-order valence-corrected chi connectivity index (χ4v) is 12.2. The molecule has 0 aromatic heterocycles. The summed E-state index contributed by atoms with van der Waals surface area (Å²) in [6.07, 6.45) is 32.8. The van der Waals surface area contributed by atoms with Crippen LogP contribution in [0.5, 0.6) is 69.0 Å². The van der Waals surface area contributed by atoms with Gasteiger partial charge >= 0.3 is 0 Å². The Morgan fingerprint density at radius 3 is 0.500 bits per heavy atom. The minimum absolute atomic E-state index is 0.0810. The van der Waals surface area contributed by atoms with Crippen LogP contribution >= 0.6 is 0 Å². The normalized spacial score (nSPS) is 15.9. The third-order valence-corrected chi connectivity index (χ3v) is 16.8. The molecule has 5 rings (SSSR count). The van der Waals surface area contributed by atoms with Gasteiger partial charge in [-0.05, 0) is 101 Å². The molecule has 0 radical (unpaired) electrons. The van der Waals surface area contributed by atoms with E-state index in [9.17, 15) is 61.3 Å². The van der Waals surface area contributed by atoms with E-state index in [0.717, 1.165) is 154 Å². The molecule has 12 N–H and O–H groups in total. The maximum absolute atomic E-state index is 12.1. The molecule has 0 amide bonds. The highest BCUT2D eigenvalue weighted by molar-refractivity contribution is 5.70. The molecule has 0 heterocycles. The average Bonchev–Trinajstić information content (AvgIpc) is 3.54. The number of phenolic OH excluding ortho intramolecular Hbond substituents is 12. The molecule has 8 bridgehead atoms. The number of hydrogen-bond acceptors (Lipinski definition) is 12. The lowest BCUT2D eigenvalue weighted by atomic mass is 9.76. The summed E-state index contributed by atoms with van der Waals surface area (Å²) in [5, 5.41) is 145. The Balaban J connectivity index is 1.84. The van der Waals surface area contributed by atoms with Gasteiger partial charge in [-0.3, -0.25) is 0 Å². The second kappa shape index (κ2) is 33.3. The number of benzene rings is 4. The third-order valence-electron chi connectivity index (χ3n) is 16.8. The highest BCUT2D eigenvalue weighted by atomic mass is 16.3. The van der Waals surface area contributed by atoms with Gasteiger partial charge in [-0.1, -0.05) is 153 Å². The average molecular weight is 1110 g/mol. The van der Waals surface area contributed by atoms with E-state index in [1.165, 1.54) is 0 Å². The molecule has 0 spiro atoms. The first-order chi connectivity index (χ1) is 38.7. The van der Waals surface area contributed by atoms with Crippen molar-refractivity contribution in [1.82, 2.24) is 0 Å². The molecule has 12 heteroatoms. The van der Waals surface area contributed by atoms with Crippen LogP contribution in [0.4, 0.5) is 0 Å². The molecule has 1 aliphatic rings. The summed E-state index contributed by atoms with van der Waals surface area (Å²) in [5.74, 6) is -12.9. The minimum atomic E-state index is -1.01. The minimum Gasteiger partial charge on any atom is -0.504 e. The highest BCUT2D eigenvalue weighted by Crippen LogP contribution is 2.59. The van der Waals surface area contributed by atoms with Crippen molar-refractivity contribution < 1.29 is 61.3 Å². The standard InChI is InChI=1S/C68H96O12/c1-5-9-13-17-21-25-29-33-37-45-49-41-51(59(71)65(77)57(49)69)46(38-34-30-26-22-18-14-10-6-2)53-43-55(63(75)67(79)61(53)73)48(40-36-32-28-24-20-16-12-8-4)56-44-54(62(74)68(80)64(56)76)47(39-35-31-27-23-19-15-11-7-3)52-42-50(45)58(70)66(78)60(52)72/h5-8,41-48,69-80H,1-4,9-40H2. The van der Waals surface area contributed by atoms with E-state index < -0.39 is 92.7 Å². The molecule has 440 valence electrons. The number of phenols is 12. The number of hydrogen-bond donors (Lipinski definition) is 12. The maximum Gasteiger partial charge on any atom is 0.200 e. The lowest BCUT2D eigenvalue weighted by Gasteiger charge is -2.30. The van der Waals surface area contributed by atoms with Gasteiger partial charge in [0.25, 0.3) is 0 Å². The van der Waals surface area contributed by atoms with Crippen LogP contribution in [0.15, 0.2) is 74.9 Å². The van der Waals surface area contributed by atoms with Crippen LogP contribution in [0.3, 0.4) is 0 Å². The van der Waals surface area contributed by atoms with Crippen LogP contribution < -0.4 is 0 Å². The Labute approximate surface area is 476 Å². The lowest BCUT2D eigenvalue weighted by Crippen LogP contribution is -2.12. The monoisotopic (exact) mass is 1100 g/mol. The number of fused-ring (bicyclic) bond motifs is 8. The van der Waals surface area contributed by atoms with Crippen LogP contribution in [-0.2, 0) is 0 Å². The van der Waals surface area contributed by atoms with E-state index in [0.29, 0.717) is 25.7 Å². The van der Waals surface area contributed by atoms with Crippen LogP contribution in [0.1, 0.15) is 274 Å². The van der Waals surface area contributed by atoms with Crippen molar-refractivity contribution in [3.63, 3.8) is 0 Å². The van der Waals surface area contributed by atoms with Gasteiger partial charge in [0.1, 0.15) is 0 Å². The predicted octanol–water partition coefficient (Wildman–Crippen LogP) is 18.2. The summed E-state index contributed by atoms with van der Waals surface area (Å²) in [6.45, 7) is 15.3. The topological polar surface area (TPSA) is 243 Å². The Kier molecular flexibility index (Phi) is 26.7. The summed E-state index contributed by atoms with van der Waals surface area (Å²) >= 11 is 0. The number of rotatable bonds is 36. The number of allylic oxidation sites excluding steroid dienone is 4. The van der Waals surface area contributed by atoms with Crippen LogP contribution in [0, 0.1) is 0 Å². The van der Waals surface area contributed by atoms with E-state index in [1.54, 1.807) is 24.3 Å². The van der Waals surface area contributed by atoms with Crippen molar-refractivity contribution in [2.24, 2.45) is 0 Å². The summed E-state index contributed by atoms with van der Waals surface area (Å²) in [5.41, 5.74) is 0.648. The van der Waals surface area contributed by atoms with Crippen molar-refractivity contribution in [1.29, 1.82) is 0 Å². The lowest BCUT2D eigenvalue weighted by molar-refractivity contribution is 0.347. The zero-order valence-corrected chi connectivity index (χ0v) is 47.8. The molecule has 0 aliphatic heterocycles. The van der Waals surface area contributed by atoms with Gasteiger partial charge in [-0.15, -0.1) is 26.3 Å². The molecular weight excluding hydrogens is 1010 g/mol. The maximum atomic E-state index is 12.1. The first kappa shape index (κ1) is 64.3. The van der Waals surface area contributed by atoms with E-state index in [1.807, 2.05) is 24.3 Å². The largest absolute Gasteiger partial charge is 0.504 e. The van der Waals surface area contributed by atoms with Gasteiger partial charge in [0, 0.05) is 68.2 Å². The first-order valence-corrected chi connectivity index (χ1v) is 30.2. The van der Waals surface area contributed by atoms with Gasteiger partial charge in [0.05, 0.1) is 0 Å². The Morgan fingerprint density at radius 1 is 0.212 bits per heavy atom. The summed E-state index contributed by atoms with van der Waals surface area (Å²) < 4.78 is 0. The predicted molar refractivity (Wildman–Crippen MR) is 322 cm³/mol. The molecule has 0 unspecified atom stereocenters. The SMILES string of the molecule is C=CCCCCCCCCC1c2cc(c(O)c(O)c2O)C(CCCCCCCCC=C)c2cc(c(O)c(O)c2O)C(CCCCCCCCC=C)c2cc(c(O)c(O)c2O)C(CCCCCCCCC=C)c2cc1c(O)c(O)c2O. The van der Waals surface area contributed by atoms with Crippen molar-refractivity contribution in [3.8, 4) is 69.0 Å². The Bertz CT molecular complexity index is 2160. The highest BCUT2D eigenvalue weighted by Gasteiger charge is 2.37. The number of unbranched alkanes of at least 4 members (excludes halogenated alkanes) is 24. The fourth-order valence-electron chi connectivity index (χ4n) is 12.2. The molecular formula is C68H96O12. The van der Waals surface area contributed by atoms with Gasteiger partial charge in [0.15, 0.2) is 46.0 Å².